The molecule has 0 fully saturated rings. The van der Waals surface area contributed by atoms with Crippen molar-refractivity contribution in [1.82, 2.24) is 9.30 Å². The maximum atomic E-state index is 15.2. The van der Waals surface area contributed by atoms with Crippen LogP contribution in [0.25, 0.3) is 11.6 Å². The molecule has 2 unspecified atom stereocenters. The molecule has 2 atom stereocenters. The zero-order valence-corrected chi connectivity index (χ0v) is 16.9. The molecule has 29 heavy (non-hydrogen) atoms. The van der Waals surface area contributed by atoms with E-state index in [2.05, 4.69) is 11.0 Å². The maximum absolute atomic E-state index is 15.2. The normalized spacial score (nSPS) is 20.1. The molecule has 1 aliphatic rings. The molecule has 2 aromatic heterocycles. The lowest BCUT2D eigenvalue weighted by Gasteiger charge is -2.43. The Bertz CT molecular complexity index is 1050. The fraction of sp³-hybridized carbons (Fsp3) is 0.333. The molecule has 0 radical (unpaired) electrons. The van der Waals surface area contributed by atoms with Crippen molar-refractivity contribution in [3.63, 3.8) is 0 Å². The second kappa shape index (κ2) is 7.06. The topological polar surface area (TPSA) is 7.65 Å². The van der Waals surface area contributed by atoms with Crippen LogP contribution in [-0.2, 0) is 6.42 Å². The SMILES string of the molecule is C=Cc1cc(F)c(C2c3cc4ccccn4c3CC(C)N2CC(C)(C)F)c(F)c1. The molecule has 152 valence electrons. The molecule has 3 aromatic rings. The van der Waals surface area contributed by atoms with Crippen molar-refractivity contribution in [2.75, 3.05) is 6.54 Å². The first kappa shape index (κ1) is 19.8. The lowest BCUT2D eigenvalue weighted by Crippen LogP contribution is -2.48. The van der Waals surface area contributed by atoms with Crippen molar-refractivity contribution >= 4 is 11.6 Å². The Morgan fingerprint density at radius 1 is 1.17 bits per heavy atom. The van der Waals surface area contributed by atoms with Crippen LogP contribution in [0.15, 0.2) is 49.2 Å². The molecule has 0 bridgehead atoms. The Morgan fingerprint density at radius 2 is 1.86 bits per heavy atom. The van der Waals surface area contributed by atoms with Crippen LogP contribution in [-0.4, -0.2) is 27.6 Å². The third-order valence-corrected chi connectivity index (χ3v) is 5.67. The molecular weight excluding hydrogens is 373 g/mol. The molecule has 4 rings (SSSR count). The number of halogens is 3. The summed E-state index contributed by atoms with van der Waals surface area (Å²) in [6.45, 7) is 8.65. The van der Waals surface area contributed by atoms with Gasteiger partial charge in [-0.3, -0.25) is 4.90 Å². The second-order valence-corrected chi connectivity index (χ2v) is 8.49. The van der Waals surface area contributed by atoms with Gasteiger partial charge in [0.05, 0.1) is 6.04 Å². The van der Waals surface area contributed by atoms with Crippen molar-refractivity contribution in [1.29, 1.82) is 0 Å². The van der Waals surface area contributed by atoms with Crippen LogP contribution in [0.3, 0.4) is 0 Å². The molecule has 0 amide bonds. The van der Waals surface area contributed by atoms with E-state index in [1.807, 2.05) is 42.3 Å². The smallest absolute Gasteiger partial charge is 0.131 e. The number of hydrogen-bond acceptors (Lipinski definition) is 1. The summed E-state index contributed by atoms with van der Waals surface area (Å²) >= 11 is 0. The number of benzene rings is 1. The number of alkyl halides is 1. The van der Waals surface area contributed by atoms with Crippen LogP contribution in [0.5, 0.6) is 0 Å². The van der Waals surface area contributed by atoms with Crippen molar-refractivity contribution in [3.8, 4) is 0 Å². The molecule has 2 nitrogen and oxygen atoms in total. The number of aromatic nitrogens is 1. The molecule has 0 N–H and O–H groups in total. The van der Waals surface area contributed by atoms with E-state index < -0.39 is 23.3 Å². The summed E-state index contributed by atoms with van der Waals surface area (Å²) in [4.78, 5) is 1.89. The Hall–Kier alpha value is -2.53. The molecule has 1 aromatic carbocycles. The van der Waals surface area contributed by atoms with Crippen molar-refractivity contribution in [2.24, 2.45) is 0 Å². The van der Waals surface area contributed by atoms with Crippen molar-refractivity contribution < 1.29 is 13.2 Å². The Balaban J connectivity index is 1.97. The Kier molecular flexibility index (Phi) is 4.82. The molecule has 0 spiro atoms. The highest BCUT2D eigenvalue weighted by Crippen LogP contribution is 2.42. The zero-order chi connectivity index (χ0) is 20.9. The number of nitrogens with zero attached hydrogens (tertiary/aromatic N) is 2. The highest BCUT2D eigenvalue weighted by Gasteiger charge is 2.40. The van der Waals surface area contributed by atoms with Crippen LogP contribution in [0, 0.1) is 11.6 Å². The minimum absolute atomic E-state index is 0.0384. The summed E-state index contributed by atoms with van der Waals surface area (Å²) < 4.78 is 47.0. The molecular formula is C24H25F3N2. The van der Waals surface area contributed by atoms with E-state index >= 15 is 8.78 Å². The average molecular weight is 398 g/mol. The third-order valence-electron chi connectivity index (χ3n) is 5.67. The Morgan fingerprint density at radius 3 is 2.48 bits per heavy atom. The first-order valence-corrected chi connectivity index (χ1v) is 9.84. The predicted octanol–water partition coefficient (Wildman–Crippen LogP) is 5.94. The number of pyridine rings is 1. The zero-order valence-electron chi connectivity index (χ0n) is 16.9. The van der Waals surface area contributed by atoms with Gasteiger partial charge in [-0.25, -0.2) is 13.2 Å². The molecule has 0 saturated heterocycles. The maximum Gasteiger partial charge on any atom is 0.131 e. The van der Waals surface area contributed by atoms with Gasteiger partial charge in [-0.1, -0.05) is 18.7 Å². The monoisotopic (exact) mass is 398 g/mol. The first-order chi connectivity index (χ1) is 13.7. The number of hydrogen-bond donors (Lipinski definition) is 0. The van der Waals surface area contributed by atoms with E-state index in [1.54, 1.807) is 0 Å². The summed E-state index contributed by atoms with van der Waals surface area (Å²) in [5.74, 6) is -1.27. The van der Waals surface area contributed by atoms with E-state index in [0.29, 0.717) is 12.0 Å². The van der Waals surface area contributed by atoms with Gasteiger partial charge < -0.3 is 4.40 Å². The van der Waals surface area contributed by atoms with Crippen LogP contribution in [0.2, 0.25) is 0 Å². The van der Waals surface area contributed by atoms with Crippen LogP contribution in [0.4, 0.5) is 13.2 Å². The van der Waals surface area contributed by atoms with Crippen LogP contribution < -0.4 is 0 Å². The summed E-state index contributed by atoms with van der Waals surface area (Å²) in [6, 6.07) is 9.59. The van der Waals surface area contributed by atoms with Gasteiger partial charge in [0, 0.05) is 42.0 Å². The minimum Gasteiger partial charge on any atom is -0.320 e. The van der Waals surface area contributed by atoms with Crippen LogP contribution >= 0.6 is 0 Å². The third kappa shape index (κ3) is 3.48. The number of rotatable bonds is 4. The fourth-order valence-electron chi connectivity index (χ4n) is 4.47. The highest BCUT2D eigenvalue weighted by atomic mass is 19.1. The quantitative estimate of drug-likeness (QED) is 0.527. The van der Waals surface area contributed by atoms with E-state index in [9.17, 15) is 4.39 Å². The second-order valence-electron chi connectivity index (χ2n) is 8.49. The molecule has 3 heterocycles. The van der Waals surface area contributed by atoms with E-state index in [4.69, 9.17) is 0 Å². The molecule has 0 saturated carbocycles. The van der Waals surface area contributed by atoms with E-state index in [-0.39, 0.29) is 18.2 Å². The van der Waals surface area contributed by atoms with Gasteiger partial charge in [-0.15, -0.1) is 0 Å². The number of fused-ring (bicyclic) bond motifs is 3. The summed E-state index contributed by atoms with van der Waals surface area (Å²) in [7, 11) is 0. The van der Waals surface area contributed by atoms with Crippen LogP contribution in [0.1, 0.15) is 49.2 Å². The van der Waals surface area contributed by atoms with Gasteiger partial charge in [-0.2, -0.15) is 0 Å². The minimum atomic E-state index is -1.50. The van der Waals surface area contributed by atoms with Gasteiger partial charge in [-0.05, 0) is 62.2 Å². The predicted molar refractivity (Wildman–Crippen MR) is 111 cm³/mol. The molecule has 1 aliphatic heterocycles. The van der Waals surface area contributed by atoms with Gasteiger partial charge >= 0.3 is 0 Å². The van der Waals surface area contributed by atoms with E-state index in [0.717, 1.165) is 16.8 Å². The first-order valence-electron chi connectivity index (χ1n) is 9.84. The summed E-state index contributed by atoms with van der Waals surface area (Å²) in [5, 5.41) is 0. The molecule has 0 aliphatic carbocycles. The average Bonchev–Trinajstić information content (AvgIpc) is 3.00. The lowest BCUT2D eigenvalue weighted by molar-refractivity contribution is 0.0647. The van der Waals surface area contributed by atoms with Gasteiger partial charge in [0.15, 0.2) is 0 Å². The van der Waals surface area contributed by atoms with Gasteiger partial charge in [0.1, 0.15) is 17.3 Å². The lowest BCUT2D eigenvalue weighted by atomic mass is 9.87. The van der Waals surface area contributed by atoms with Crippen molar-refractivity contribution in [2.45, 2.75) is 44.9 Å². The van der Waals surface area contributed by atoms with E-state index in [1.165, 1.54) is 32.1 Å². The summed E-state index contributed by atoms with van der Waals surface area (Å²) in [5.41, 5.74) is 1.63. The highest BCUT2D eigenvalue weighted by molar-refractivity contribution is 5.58. The molecule has 5 heteroatoms. The summed E-state index contributed by atoms with van der Waals surface area (Å²) in [6.07, 6.45) is 4.05. The largest absolute Gasteiger partial charge is 0.320 e. The standard InChI is InChI=1S/C24H25F3N2/c1-5-16-11-19(25)22(20(26)12-16)23-18-13-17-8-6-7-9-28(17)21(18)10-15(2)29(23)14-24(3,4)27/h5-9,11-13,15,23H,1,10,14H2,2-4H3. The van der Waals surface area contributed by atoms with Gasteiger partial charge in [0.2, 0.25) is 0 Å². The Labute approximate surface area is 169 Å². The fourth-order valence-corrected chi connectivity index (χ4v) is 4.47. The van der Waals surface area contributed by atoms with Gasteiger partial charge in [0.25, 0.3) is 0 Å². The van der Waals surface area contributed by atoms with Crippen molar-refractivity contribution in [3.05, 3.63) is 83.2 Å².